The van der Waals surface area contributed by atoms with E-state index in [0.29, 0.717) is 21.7 Å². The molecule has 0 spiro atoms. The number of nitrogens with zero attached hydrogens (tertiary/aromatic N) is 8. The second-order valence-corrected chi connectivity index (χ2v) is 14.8. The van der Waals surface area contributed by atoms with Crippen LogP contribution >= 0.6 is 46.4 Å². The normalized spacial score (nSPS) is 12.2. The number of benzene rings is 2. The molecule has 0 aliphatic carbocycles. The molecule has 8 aromatic rings. The van der Waals surface area contributed by atoms with Gasteiger partial charge in [-0.2, -0.15) is 36.3 Å². The first-order chi connectivity index (χ1) is 28.1. The highest BCUT2D eigenvalue weighted by atomic mass is 35.5. The van der Waals surface area contributed by atoms with Gasteiger partial charge in [-0.1, -0.05) is 62.8 Å². The summed E-state index contributed by atoms with van der Waals surface area (Å²) in [6, 6.07) is 10.9. The highest BCUT2D eigenvalue weighted by Crippen LogP contribution is 2.36. The van der Waals surface area contributed by atoms with E-state index in [9.17, 15) is 36.2 Å². The fourth-order valence-electron chi connectivity index (χ4n) is 5.52. The third-order valence-electron chi connectivity index (χ3n) is 8.51. The molecule has 1 N–H and O–H groups in total. The first-order valence-corrected chi connectivity index (χ1v) is 18.2. The van der Waals surface area contributed by atoms with E-state index in [0.717, 1.165) is 33.3 Å². The fourth-order valence-corrected chi connectivity index (χ4v) is 6.57. The Hall–Kier alpha value is -5.73. The third kappa shape index (κ3) is 8.62. The minimum atomic E-state index is -4.56. The highest BCUT2D eigenvalue weighted by molar-refractivity contribution is 6.34. The van der Waals surface area contributed by atoms with Gasteiger partial charge in [0.1, 0.15) is 11.4 Å². The molecule has 0 atom stereocenters. The number of carbonyl (C=O) groups is 1. The van der Waals surface area contributed by atoms with Crippen LogP contribution in [0, 0.1) is 0 Å². The van der Waals surface area contributed by atoms with E-state index in [-0.39, 0.29) is 66.7 Å². The van der Waals surface area contributed by atoms with Crippen LogP contribution in [0.15, 0.2) is 82.4 Å². The van der Waals surface area contributed by atoms with Gasteiger partial charge in [0.15, 0.2) is 11.3 Å². The maximum absolute atomic E-state index is 13.0. The van der Waals surface area contributed by atoms with E-state index in [1.807, 2.05) is 0 Å². The Kier molecular flexibility index (Phi) is 11.1. The number of methoxy groups -OCH3 is 1. The number of aliphatic hydroxyl groups is 1. The molecule has 60 heavy (non-hydrogen) atoms. The highest BCUT2D eigenvalue weighted by Gasteiger charge is 2.33. The van der Waals surface area contributed by atoms with Gasteiger partial charge in [0, 0.05) is 35.9 Å². The van der Waals surface area contributed by atoms with Crippen molar-refractivity contribution in [3.8, 4) is 45.9 Å². The van der Waals surface area contributed by atoms with Crippen LogP contribution in [-0.4, -0.2) is 57.2 Å². The number of alkyl halides is 6. The van der Waals surface area contributed by atoms with Crippen molar-refractivity contribution in [1.29, 1.82) is 0 Å². The van der Waals surface area contributed by atoms with Gasteiger partial charge >= 0.3 is 18.3 Å². The standard InChI is InChI=1S/C19H13Cl2F3N4O2.C18H9Cl2F3N4O3/c1-18(2,29)9-3-4-11(12(20)5-9)15-26-17(30-27-15)14-8-28-7-10(19(22,23)24)6-13(21)16(28)25-14;1-29-17(28)8-2-3-10(11(19)4-8)14-25-16(30-26-14)13-7-27-6-9(18(21,22)23)5-12(20)15(27)24-13/h3-8,29H,1-2H3;2-7H,1H3. The van der Waals surface area contributed by atoms with Crippen molar-refractivity contribution in [2.24, 2.45) is 0 Å². The van der Waals surface area contributed by atoms with Crippen molar-refractivity contribution in [3.05, 3.63) is 116 Å². The van der Waals surface area contributed by atoms with Crippen LogP contribution in [0.4, 0.5) is 26.3 Å². The summed E-state index contributed by atoms with van der Waals surface area (Å²) in [4.78, 5) is 28.3. The van der Waals surface area contributed by atoms with Crippen molar-refractivity contribution in [2.45, 2.75) is 31.8 Å². The molecule has 13 nitrogen and oxygen atoms in total. The molecule has 8 rings (SSSR count). The monoisotopic (exact) mass is 912 g/mol. The summed E-state index contributed by atoms with van der Waals surface area (Å²) >= 11 is 24.4. The molecule has 0 saturated heterocycles. The van der Waals surface area contributed by atoms with Crippen molar-refractivity contribution in [2.75, 3.05) is 7.11 Å². The van der Waals surface area contributed by atoms with Crippen molar-refractivity contribution < 1.29 is 50.0 Å². The van der Waals surface area contributed by atoms with E-state index in [4.69, 9.17) is 55.4 Å². The van der Waals surface area contributed by atoms with Gasteiger partial charge < -0.3 is 27.7 Å². The number of hydrogen-bond acceptors (Lipinski definition) is 11. The van der Waals surface area contributed by atoms with Crippen LogP contribution in [0.5, 0.6) is 0 Å². The maximum atomic E-state index is 13.0. The third-order valence-corrected chi connectivity index (χ3v) is 9.69. The smallest absolute Gasteiger partial charge is 0.417 e. The van der Waals surface area contributed by atoms with E-state index in [1.165, 1.54) is 37.7 Å². The van der Waals surface area contributed by atoms with Gasteiger partial charge in [0.2, 0.25) is 11.6 Å². The lowest BCUT2D eigenvalue weighted by Crippen LogP contribution is -2.15. The molecule has 310 valence electrons. The van der Waals surface area contributed by atoms with Crippen LogP contribution in [-0.2, 0) is 22.7 Å². The Morgan fingerprint density at radius 3 is 1.47 bits per heavy atom. The molecule has 0 aliphatic heterocycles. The predicted octanol–water partition coefficient (Wildman–Crippen LogP) is 10.8. The Labute approximate surface area is 352 Å². The number of fused-ring (bicyclic) bond motifs is 2. The maximum Gasteiger partial charge on any atom is 0.417 e. The molecule has 0 aliphatic rings. The van der Waals surface area contributed by atoms with Crippen molar-refractivity contribution in [3.63, 3.8) is 0 Å². The SMILES string of the molecule is CC(C)(O)c1ccc(-c2noc(-c3cn4cc(C(F)(F)F)cc(Cl)c4n3)n2)c(Cl)c1.COC(=O)c1ccc(-c2noc(-c3cn4cc(C(F)(F)F)cc(Cl)c4n3)n2)c(Cl)c1. The fraction of sp³-hybridized carbons (Fsp3) is 0.162. The Balaban J connectivity index is 0.000000181. The molecule has 0 fully saturated rings. The topological polar surface area (TPSA) is 159 Å². The Bertz CT molecular complexity index is 2940. The number of rotatable bonds is 6. The number of aromatic nitrogens is 8. The molecule has 6 heterocycles. The first kappa shape index (κ1) is 42.4. The van der Waals surface area contributed by atoms with Crippen LogP contribution in [0.25, 0.3) is 57.2 Å². The minimum absolute atomic E-state index is 0.0130. The summed E-state index contributed by atoms with van der Waals surface area (Å²) in [7, 11) is 1.24. The predicted molar refractivity (Wildman–Crippen MR) is 204 cm³/mol. The van der Waals surface area contributed by atoms with Gasteiger partial charge in [0.25, 0.3) is 11.8 Å². The molecular formula is C37H22Cl4F6N8O5. The number of pyridine rings is 2. The summed E-state index contributed by atoms with van der Waals surface area (Å²) in [5, 5.41) is 17.9. The number of ether oxygens (including phenoxy) is 1. The zero-order valence-corrected chi connectivity index (χ0v) is 33.4. The van der Waals surface area contributed by atoms with Gasteiger partial charge in [-0.05, 0) is 61.9 Å². The van der Waals surface area contributed by atoms with Crippen LogP contribution in [0.3, 0.4) is 0 Å². The lowest BCUT2D eigenvalue weighted by molar-refractivity contribution is -0.138. The van der Waals surface area contributed by atoms with Gasteiger partial charge in [-0.15, -0.1) is 0 Å². The van der Waals surface area contributed by atoms with Gasteiger partial charge in [0.05, 0.1) is 49.5 Å². The lowest BCUT2D eigenvalue weighted by atomic mass is 9.97. The summed E-state index contributed by atoms with van der Waals surface area (Å²) in [5.41, 5.74) is -0.734. The number of imidazole rings is 2. The molecular weight excluding hydrogens is 892 g/mol. The second kappa shape index (κ2) is 15.7. The van der Waals surface area contributed by atoms with E-state index < -0.39 is 35.0 Å². The molecule has 0 radical (unpaired) electrons. The van der Waals surface area contributed by atoms with Crippen LogP contribution < -0.4 is 0 Å². The minimum Gasteiger partial charge on any atom is -0.465 e. The van der Waals surface area contributed by atoms with Crippen LogP contribution in [0.1, 0.15) is 40.9 Å². The quantitative estimate of drug-likeness (QED) is 0.125. The van der Waals surface area contributed by atoms with E-state index in [2.05, 4.69) is 35.0 Å². The van der Waals surface area contributed by atoms with Gasteiger partial charge in [-0.3, -0.25) is 0 Å². The molecule has 2 aromatic carbocycles. The lowest BCUT2D eigenvalue weighted by Gasteiger charge is -2.18. The van der Waals surface area contributed by atoms with Crippen LogP contribution in [0.2, 0.25) is 20.1 Å². The molecule has 6 aromatic heterocycles. The molecule has 0 bridgehead atoms. The zero-order chi connectivity index (χ0) is 43.5. The van der Waals surface area contributed by atoms with Crippen molar-refractivity contribution >= 4 is 63.7 Å². The molecule has 0 saturated carbocycles. The first-order valence-electron chi connectivity index (χ1n) is 16.7. The second-order valence-electron chi connectivity index (χ2n) is 13.1. The Morgan fingerprint density at radius 1 is 0.633 bits per heavy atom. The molecule has 0 amide bonds. The molecule has 0 unspecified atom stereocenters. The average molecular weight is 914 g/mol. The summed E-state index contributed by atoms with van der Waals surface area (Å²) in [6.07, 6.45) is -4.78. The average Bonchev–Trinajstić information content (AvgIpc) is 3.99. The Morgan fingerprint density at radius 2 is 1.07 bits per heavy atom. The van der Waals surface area contributed by atoms with E-state index >= 15 is 0 Å². The molecule has 23 heteroatoms. The zero-order valence-electron chi connectivity index (χ0n) is 30.4. The largest absolute Gasteiger partial charge is 0.465 e. The summed E-state index contributed by atoms with van der Waals surface area (Å²) < 4.78 is 95.2. The summed E-state index contributed by atoms with van der Waals surface area (Å²) in [5.74, 6) is -0.355. The number of halogens is 10. The van der Waals surface area contributed by atoms with Crippen molar-refractivity contribution in [1.82, 2.24) is 39.1 Å². The summed E-state index contributed by atoms with van der Waals surface area (Å²) in [6.45, 7) is 3.26. The number of carbonyl (C=O) groups excluding carboxylic acids is 1. The van der Waals surface area contributed by atoms with E-state index in [1.54, 1.807) is 32.0 Å². The van der Waals surface area contributed by atoms with Gasteiger partial charge in [-0.25, -0.2) is 14.8 Å². The number of hydrogen-bond donors (Lipinski definition) is 1. The number of esters is 1.